The molecule has 3 heterocycles. The Morgan fingerprint density at radius 3 is 2.48 bits per heavy atom. The Bertz CT molecular complexity index is 1160. The number of nitrogens with two attached hydrogens (primary N) is 1. The molecule has 0 bridgehead atoms. The Labute approximate surface area is 193 Å². The van der Waals surface area contributed by atoms with Crippen molar-refractivity contribution in [2.45, 2.75) is 64.2 Å². The zero-order valence-corrected chi connectivity index (χ0v) is 19.7. The number of amides is 1. The van der Waals surface area contributed by atoms with Gasteiger partial charge in [0.05, 0.1) is 23.3 Å². The number of halogens is 1. The summed E-state index contributed by atoms with van der Waals surface area (Å²) in [6.45, 7) is 8.49. The molecule has 7 nitrogen and oxygen atoms in total. The SMILES string of the molecule is CC(C)(C)n1cc(-c2ccc3c(c2)c(C(N)=O)nn3C2CCC(CN3CC(F)C3)CC2)cn1. The number of fused-ring (bicyclic) bond motifs is 1. The van der Waals surface area contributed by atoms with E-state index in [4.69, 9.17) is 5.73 Å². The van der Waals surface area contributed by atoms with Crippen LogP contribution in [0.5, 0.6) is 0 Å². The molecule has 1 amide bonds. The molecule has 3 aromatic rings. The standard InChI is InChI=1S/C25H33FN6O/c1-25(2,3)31-13-18(11-28-31)17-6-9-22-21(10-17)23(24(27)33)29-32(22)20-7-4-16(5-8-20)12-30-14-19(26)15-30/h6,9-11,13,16,19-20H,4-5,7-8,12,14-15H2,1-3H3,(H2,27,33). The molecule has 33 heavy (non-hydrogen) atoms. The van der Waals surface area contributed by atoms with Crippen LogP contribution in [0.25, 0.3) is 22.0 Å². The van der Waals surface area contributed by atoms with Gasteiger partial charge >= 0.3 is 0 Å². The first kappa shape index (κ1) is 22.1. The second-order valence-electron chi connectivity index (χ2n) is 10.7. The van der Waals surface area contributed by atoms with Crippen molar-refractivity contribution in [3.05, 3.63) is 36.3 Å². The number of primary amides is 1. The van der Waals surface area contributed by atoms with Gasteiger partial charge in [-0.1, -0.05) is 6.07 Å². The van der Waals surface area contributed by atoms with Crippen LogP contribution >= 0.6 is 0 Å². The van der Waals surface area contributed by atoms with Gasteiger partial charge in [-0.2, -0.15) is 10.2 Å². The highest BCUT2D eigenvalue weighted by molar-refractivity contribution is 6.05. The average molecular weight is 453 g/mol. The van der Waals surface area contributed by atoms with Gasteiger partial charge in [0.2, 0.25) is 0 Å². The average Bonchev–Trinajstić information content (AvgIpc) is 3.38. The Morgan fingerprint density at radius 1 is 1.15 bits per heavy atom. The predicted molar refractivity (Wildman–Crippen MR) is 127 cm³/mol. The second kappa shape index (κ2) is 8.24. The van der Waals surface area contributed by atoms with Crippen molar-refractivity contribution in [3.63, 3.8) is 0 Å². The maximum atomic E-state index is 13.1. The van der Waals surface area contributed by atoms with Crippen molar-refractivity contribution in [2.75, 3.05) is 19.6 Å². The van der Waals surface area contributed by atoms with Crippen molar-refractivity contribution in [3.8, 4) is 11.1 Å². The summed E-state index contributed by atoms with van der Waals surface area (Å²) in [7, 11) is 0. The number of carbonyl (C=O) groups excluding carboxylic acids is 1. The van der Waals surface area contributed by atoms with Gasteiger partial charge in [-0.25, -0.2) is 4.39 Å². The van der Waals surface area contributed by atoms with Crippen molar-refractivity contribution in [1.29, 1.82) is 0 Å². The maximum Gasteiger partial charge on any atom is 0.269 e. The molecule has 0 radical (unpaired) electrons. The molecule has 1 aliphatic carbocycles. The van der Waals surface area contributed by atoms with Crippen LogP contribution in [0, 0.1) is 5.92 Å². The highest BCUT2D eigenvalue weighted by Crippen LogP contribution is 2.36. The molecular weight excluding hydrogens is 419 g/mol. The lowest BCUT2D eigenvalue weighted by atomic mass is 9.85. The summed E-state index contributed by atoms with van der Waals surface area (Å²) in [5.74, 6) is 0.102. The maximum absolute atomic E-state index is 13.1. The van der Waals surface area contributed by atoms with Crippen LogP contribution in [0.15, 0.2) is 30.6 Å². The molecular formula is C25H33FN6O. The Morgan fingerprint density at radius 2 is 1.88 bits per heavy atom. The summed E-state index contributed by atoms with van der Waals surface area (Å²) < 4.78 is 17.1. The van der Waals surface area contributed by atoms with Gasteiger partial charge in [-0.15, -0.1) is 0 Å². The summed E-state index contributed by atoms with van der Waals surface area (Å²) >= 11 is 0. The zero-order chi connectivity index (χ0) is 23.3. The minimum Gasteiger partial charge on any atom is -0.364 e. The number of nitrogens with zero attached hydrogens (tertiary/aromatic N) is 5. The zero-order valence-electron chi connectivity index (χ0n) is 19.7. The van der Waals surface area contributed by atoms with Crippen LogP contribution in [0.4, 0.5) is 4.39 Å². The fourth-order valence-corrected chi connectivity index (χ4v) is 5.21. The molecule has 0 atom stereocenters. The molecule has 5 rings (SSSR count). The lowest BCUT2D eigenvalue weighted by Crippen LogP contribution is -2.50. The highest BCUT2D eigenvalue weighted by atomic mass is 19.1. The van der Waals surface area contributed by atoms with Crippen molar-refractivity contribution in [1.82, 2.24) is 24.5 Å². The van der Waals surface area contributed by atoms with Gasteiger partial charge in [0.1, 0.15) is 6.17 Å². The molecule has 2 aromatic heterocycles. The lowest BCUT2D eigenvalue weighted by Gasteiger charge is -2.39. The van der Waals surface area contributed by atoms with Crippen molar-refractivity contribution in [2.24, 2.45) is 11.7 Å². The van der Waals surface area contributed by atoms with Crippen LogP contribution in [0.3, 0.4) is 0 Å². The van der Waals surface area contributed by atoms with Gasteiger partial charge in [-0.05, 0) is 70.1 Å². The first-order valence-corrected chi connectivity index (χ1v) is 11.9. The monoisotopic (exact) mass is 452 g/mol. The van der Waals surface area contributed by atoms with Crippen LogP contribution in [-0.4, -0.2) is 56.2 Å². The van der Waals surface area contributed by atoms with Gasteiger partial charge in [0.15, 0.2) is 5.69 Å². The Hall–Kier alpha value is -2.74. The van der Waals surface area contributed by atoms with Crippen LogP contribution in [-0.2, 0) is 5.54 Å². The van der Waals surface area contributed by atoms with Gasteiger partial charge in [0.25, 0.3) is 5.91 Å². The van der Waals surface area contributed by atoms with Gasteiger partial charge < -0.3 is 5.73 Å². The molecule has 1 aliphatic heterocycles. The Balaban J connectivity index is 1.39. The van der Waals surface area contributed by atoms with Crippen molar-refractivity contribution >= 4 is 16.8 Å². The minimum absolute atomic E-state index is 0.103. The first-order valence-electron chi connectivity index (χ1n) is 11.9. The van der Waals surface area contributed by atoms with E-state index in [0.717, 1.165) is 54.3 Å². The molecule has 2 fully saturated rings. The summed E-state index contributed by atoms with van der Waals surface area (Å²) in [5, 5.41) is 9.97. The fourth-order valence-electron chi connectivity index (χ4n) is 5.21. The Kier molecular flexibility index (Phi) is 5.51. The lowest BCUT2D eigenvalue weighted by molar-refractivity contribution is 0.0432. The van der Waals surface area contributed by atoms with E-state index in [2.05, 4.69) is 41.9 Å². The molecule has 2 aliphatic rings. The van der Waals surface area contributed by atoms with E-state index in [-0.39, 0.29) is 11.6 Å². The molecule has 8 heteroatoms. The third-order valence-electron chi connectivity index (χ3n) is 7.13. The smallest absolute Gasteiger partial charge is 0.269 e. The number of rotatable bonds is 5. The summed E-state index contributed by atoms with van der Waals surface area (Å²) in [6.07, 6.45) is 7.44. The van der Waals surface area contributed by atoms with Gasteiger partial charge in [0, 0.05) is 36.8 Å². The molecule has 1 saturated carbocycles. The second-order valence-corrected chi connectivity index (χ2v) is 10.7. The van der Waals surface area contributed by atoms with E-state index in [1.807, 2.05) is 33.9 Å². The van der Waals surface area contributed by atoms with Crippen LogP contribution in [0.1, 0.15) is 63.0 Å². The largest absolute Gasteiger partial charge is 0.364 e. The highest BCUT2D eigenvalue weighted by Gasteiger charge is 2.31. The number of carbonyl (C=O) groups is 1. The van der Waals surface area contributed by atoms with E-state index in [0.29, 0.717) is 24.7 Å². The molecule has 1 saturated heterocycles. The minimum atomic E-state index is -0.642. The van der Waals surface area contributed by atoms with E-state index in [1.54, 1.807) is 0 Å². The number of benzene rings is 1. The molecule has 0 unspecified atom stereocenters. The summed E-state index contributed by atoms with van der Waals surface area (Å²) in [4.78, 5) is 14.4. The fraction of sp³-hybridized carbons (Fsp3) is 0.560. The molecule has 2 N–H and O–H groups in total. The topological polar surface area (TPSA) is 82.0 Å². The number of hydrogen-bond acceptors (Lipinski definition) is 4. The van der Waals surface area contributed by atoms with E-state index >= 15 is 0 Å². The van der Waals surface area contributed by atoms with Gasteiger partial charge in [-0.3, -0.25) is 19.1 Å². The first-order chi connectivity index (χ1) is 15.7. The van der Waals surface area contributed by atoms with Crippen molar-refractivity contribution < 1.29 is 9.18 Å². The summed E-state index contributed by atoms with van der Waals surface area (Å²) in [6, 6.07) is 6.37. The van der Waals surface area contributed by atoms with E-state index in [9.17, 15) is 9.18 Å². The molecule has 1 aromatic carbocycles. The van der Waals surface area contributed by atoms with Crippen LogP contribution in [0.2, 0.25) is 0 Å². The third kappa shape index (κ3) is 4.28. The predicted octanol–water partition coefficient (Wildman–Crippen LogP) is 4.14. The number of aromatic nitrogens is 4. The third-order valence-corrected chi connectivity index (χ3v) is 7.13. The summed E-state index contributed by atoms with van der Waals surface area (Å²) in [5.41, 5.74) is 8.87. The normalized spacial score (nSPS) is 22.5. The quantitative estimate of drug-likeness (QED) is 0.631. The van der Waals surface area contributed by atoms with E-state index in [1.165, 1.54) is 0 Å². The number of alkyl halides is 1. The number of likely N-dealkylation sites (tertiary alicyclic amines) is 1. The molecule has 0 spiro atoms. The molecule has 176 valence electrons. The number of hydrogen-bond donors (Lipinski definition) is 1. The van der Waals surface area contributed by atoms with E-state index < -0.39 is 12.1 Å². The van der Waals surface area contributed by atoms with Crippen LogP contribution < -0.4 is 5.73 Å².